The molecule has 0 aliphatic carbocycles. The Bertz CT molecular complexity index is 1020. The van der Waals surface area contributed by atoms with E-state index in [1.54, 1.807) is 6.92 Å². The zero-order chi connectivity index (χ0) is 26.3. The molecule has 0 saturated carbocycles. The highest BCUT2D eigenvalue weighted by Gasteiger charge is 2.60. The molecule has 12 nitrogen and oxygen atoms in total. The van der Waals surface area contributed by atoms with Gasteiger partial charge in [-0.2, -0.15) is 21.6 Å². The smallest absolute Gasteiger partial charge is 0.422 e. The summed E-state index contributed by atoms with van der Waals surface area (Å²) in [7, 11) is -3.85. The maximum absolute atomic E-state index is 12.8. The first-order valence-electron chi connectivity index (χ1n) is 10.6. The summed E-state index contributed by atoms with van der Waals surface area (Å²) in [5.74, 6) is -3.11. The molecule has 0 bridgehead atoms. The van der Waals surface area contributed by atoms with Crippen LogP contribution in [0.15, 0.2) is 10.6 Å². The van der Waals surface area contributed by atoms with E-state index >= 15 is 0 Å². The molecule has 3 rings (SSSR count). The Hall–Kier alpha value is -2.08. The average Bonchev–Trinajstić information content (AvgIpc) is 3.25. The van der Waals surface area contributed by atoms with Gasteiger partial charge in [-0.25, -0.2) is 19.5 Å². The number of amides is 2. The number of alkyl carbamates (subject to hydrolysis) is 1. The van der Waals surface area contributed by atoms with Crippen LogP contribution in [0.2, 0.25) is 0 Å². The number of fused-ring (bicyclic) bond motifs is 1. The molecule has 0 aromatic carbocycles. The predicted molar refractivity (Wildman–Crippen MR) is 117 cm³/mol. The Morgan fingerprint density at radius 3 is 2.63 bits per heavy atom. The number of halogens is 3. The first kappa shape index (κ1) is 27.5. The van der Waals surface area contributed by atoms with E-state index in [0.29, 0.717) is 17.9 Å². The van der Waals surface area contributed by atoms with Crippen molar-refractivity contribution in [3.63, 3.8) is 0 Å². The predicted octanol–water partition coefficient (Wildman–Crippen LogP) is -0.307. The van der Waals surface area contributed by atoms with Crippen LogP contribution in [0.3, 0.4) is 0 Å². The molecule has 2 saturated heterocycles. The number of nitrogens with two attached hydrogens (primary N) is 1. The summed E-state index contributed by atoms with van der Waals surface area (Å²) in [6.07, 6.45) is -5.51. The zero-order valence-electron chi connectivity index (χ0n) is 18.7. The number of thioether (sulfide) groups is 1. The van der Waals surface area contributed by atoms with Crippen molar-refractivity contribution in [3.05, 3.63) is 10.6 Å². The van der Waals surface area contributed by atoms with E-state index in [1.165, 1.54) is 18.7 Å². The van der Waals surface area contributed by atoms with Crippen molar-refractivity contribution in [2.75, 3.05) is 19.7 Å². The van der Waals surface area contributed by atoms with Crippen LogP contribution in [0.1, 0.15) is 20.3 Å². The van der Waals surface area contributed by atoms with Crippen molar-refractivity contribution >= 4 is 39.9 Å². The van der Waals surface area contributed by atoms with Crippen molar-refractivity contribution in [3.8, 4) is 0 Å². The number of hydrogen-bond acceptors (Lipinski definition) is 8. The molecule has 0 aromatic rings. The van der Waals surface area contributed by atoms with Gasteiger partial charge in [-0.1, -0.05) is 6.92 Å². The van der Waals surface area contributed by atoms with Gasteiger partial charge in [0.05, 0.1) is 12.0 Å². The Morgan fingerprint density at radius 1 is 1.40 bits per heavy atom. The number of nitrogens with one attached hydrogen (secondary N) is 3. The quantitative estimate of drug-likeness (QED) is 0.243. The first-order valence-corrected chi connectivity index (χ1v) is 13.0. The third-order valence-corrected chi connectivity index (χ3v) is 8.13. The minimum absolute atomic E-state index is 0.0687. The molecule has 0 aromatic heterocycles. The van der Waals surface area contributed by atoms with Gasteiger partial charge in [0.2, 0.25) is 5.91 Å². The second-order valence-corrected chi connectivity index (χ2v) is 11.4. The van der Waals surface area contributed by atoms with Gasteiger partial charge in [-0.3, -0.25) is 4.79 Å². The van der Waals surface area contributed by atoms with Gasteiger partial charge in [0.15, 0.2) is 6.61 Å². The van der Waals surface area contributed by atoms with Gasteiger partial charge in [0, 0.05) is 41.2 Å². The van der Waals surface area contributed by atoms with Gasteiger partial charge in [0.25, 0.3) is 10.2 Å². The van der Waals surface area contributed by atoms with Crippen LogP contribution in [-0.2, 0) is 24.5 Å². The van der Waals surface area contributed by atoms with Gasteiger partial charge in [-0.15, -0.1) is 11.8 Å². The second kappa shape index (κ2) is 10.1. The minimum Gasteiger partial charge on any atom is -0.477 e. The fraction of sp³-hybridized carbons (Fsp3) is 0.722. The van der Waals surface area contributed by atoms with E-state index in [2.05, 4.69) is 20.1 Å². The van der Waals surface area contributed by atoms with Crippen LogP contribution in [0.4, 0.5) is 18.0 Å². The fourth-order valence-electron chi connectivity index (χ4n) is 4.59. The van der Waals surface area contributed by atoms with E-state index in [-0.39, 0.29) is 23.5 Å². The summed E-state index contributed by atoms with van der Waals surface area (Å²) in [5, 5.41) is 20.0. The van der Waals surface area contributed by atoms with E-state index in [0.717, 1.165) is 4.90 Å². The molecule has 198 valence electrons. The third kappa shape index (κ3) is 6.38. The largest absolute Gasteiger partial charge is 0.477 e. The monoisotopic (exact) mass is 545 g/mol. The number of carbonyl (C=O) groups excluding carboxylic acids is 2. The van der Waals surface area contributed by atoms with Gasteiger partial charge in [0.1, 0.15) is 5.70 Å². The molecular weight excluding hydrogens is 519 g/mol. The molecule has 0 spiro atoms. The topological polar surface area (TPSA) is 180 Å². The minimum atomic E-state index is -4.70. The van der Waals surface area contributed by atoms with Crippen LogP contribution in [-0.4, -0.2) is 85.6 Å². The summed E-state index contributed by atoms with van der Waals surface area (Å²) in [4.78, 5) is 38.2. The van der Waals surface area contributed by atoms with E-state index < -0.39 is 64.9 Å². The highest BCUT2D eigenvalue weighted by molar-refractivity contribution is 8.03. The highest BCUT2D eigenvalue weighted by Crippen LogP contribution is 2.51. The molecule has 0 radical (unpaired) electrons. The van der Waals surface area contributed by atoms with Crippen LogP contribution in [0.5, 0.6) is 0 Å². The van der Waals surface area contributed by atoms with E-state index in [1.807, 2.05) is 0 Å². The number of ether oxygens (including phenoxy) is 1. The molecular formula is C18H26F3N5O7S2. The van der Waals surface area contributed by atoms with Crippen molar-refractivity contribution in [1.82, 2.24) is 20.3 Å². The maximum atomic E-state index is 12.8. The zero-order valence-corrected chi connectivity index (χ0v) is 20.3. The standard InChI is InChI=1S/C18H26F3N5O7S2/c1-7-12-11(8(2)25-17(30)33-6-18(19,20)21)15(27)26(12)13(16(28)29)14(7)34-10-3-9(23-5-10)4-24-35(22,31)32/h7-12,23-24H,3-6H2,1-2H3,(H,25,30)(H,28,29)(H2,22,31,32)/t7-,8-,9+,10+,11-,12-/m1/s1. The Balaban J connectivity index is 1.65. The summed E-state index contributed by atoms with van der Waals surface area (Å²) < 4.78 is 65.3. The third-order valence-electron chi connectivity index (χ3n) is 6.05. The first-order chi connectivity index (χ1) is 16.1. The Kier molecular flexibility index (Phi) is 7.95. The lowest BCUT2D eigenvalue weighted by Crippen LogP contribution is -2.66. The normalized spacial score (nSPS) is 29.6. The van der Waals surface area contributed by atoms with Gasteiger partial charge in [-0.05, 0) is 13.3 Å². The van der Waals surface area contributed by atoms with Crippen LogP contribution >= 0.6 is 11.8 Å². The molecule has 3 aliphatic rings. The number of aliphatic carboxylic acids is 1. The van der Waals surface area contributed by atoms with Crippen molar-refractivity contribution in [1.29, 1.82) is 0 Å². The second-order valence-electron chi connectivity index (χ2n) is 8.63. The molecule has 3 heterocycles. The number of rotatable bonds is 9. The number of β-lactam (4-membered cyclic amide) rings is 1. The Morgan fingerprint density at radius 2 is 2.06 bits per heavy atom. The fourth-order valence-corrected chi connectivity index (χ4v) is 6.54. The molecule has 3 aliphatic heterocycles. The lowest BCUT2D eigenvalue weighted by Gasteiger charge is -2.47. The highest BCUT2D eigenvalue weighted by atomic mass is 32.2. The van der Waals surface area contributed by atoms with E-state index in [9.17, 15) is 41.1 Å². The van der Waals surface area contributed by atoms with Gasteiger partial charge < -0.3 is 25.4 Å². The molecule has 17 heteroatoms. The van der Waals surface area contributed by atoms with Crippen LogP contribution in [0, 0.1) is 11.8 Å². The summed E-state index contributed by atoms with van der Waals surface area (Å²) in [6, 6.07) is -1.70. The van der Waals surface area contributed by atoms with Crippen molar-refractivity contribution < 1.29 is 45.8 Å². The van der Waals surface area contributed by atoms with Gasteiger partial charge >= 0.3 is 18.2 Å². The molecule has 0 unspecified atom stereocenters. The SMILES string of the molecule is C[C@@H](NC(=O)OCC(F)(F)F)[C@H]1C(=O)N2C(C(=O)O)=C(S[C@@H]3CN[C@H](CNS(N)(=O)=O)C3)[C@H](C)[C@H]12. The molecule has 6 N–H and O–H groups in total. The van der Waals surface area contributed by atoms with Crippen LogP contribution in [0.25, 0.3) is 0 Å². The number of nitrogens with zero attached hydrogens (tertiary/aromatic N) is 1. The number of carboxylic acids is 1. The van der Waals surface area contributed by atoms with Crippen molar-refractivity contribution in [2.45, 2.75) is 49.8 Å². The lowest BCUT2D eigenvalue weighted by atomic mass is 9.78. The molecule has 35 heavy (non-hydrogen) atoms. The molecule has 2 amide bonds. The number of carbonyl (C=O) groups is 3. The number of hydrogen-bond donors (Lipinski definition) is 5. The van der Waals surface area contributed by atoms with Crippen molar-refractivity contribution in [2.24, 2.45) is 17.0 Å². The summed E-state index contributed by atoms with van der Waals surface area (Å²) >= 11 is 1.28. The number of alkyl halides is 3. The Labute approximate surface area is 203 Å². The summed E-state index contributed by atoms with van der Waals surface area (Å²) in [5.41, 5.74) is -0.160. The maximum Gasteiger partial charge on any atom is 0.422 e. The van der Waals surface area contributed by atoms with E-state index in [4.69, 9.17) is 5.14 Å². The summed E-state index contributed by atoms with van der Waals surface area (Å²) in [6.45, 7) is 1.95. The number of carboxylic acid groups (broad SMARTS) is 1. The molecule has 6 atom stereocenters. The molecule has 2 fully saturated rings. The lowest BCUT2D eigenvalue weighted by molar-refractivity contribution is -0.162. The van der Waals surface area contributed by atoms with Crippen LogP contribution < -0.4 is 20.5 Å². The average molecular weight is 546 g/mol.